The van der Waals surface area contributed by atoms with Gasteiger partial charge in [-0.1, -0.05) is 31.2 Å². The van der Waals surface area contributed by atoms with Crippen molar-refractivity contribution in [2.45, 2.75) is 32.9 Å². The monoisotopic (exact) mass is 478 g/mol. The van der Waals surface area contributed by atoms with Crippen LogP contribution in [0.1, 0.15) is 46.6 Å². The lowest BCUT2D eigenvalue weighted by atomic mass is 9.99. The van der Waals surface area contributed by atoms with Crippen molar-refractivity contribution in [1.29, 1.82) is 0 Å². The Bertz CT molecular complexity index is 1270. The minimum absolute atomic E-state index is 0.143. The molecule has 2 amide bonds. The SMILES string of the molecule is CCCN(CC(=O)N1CCn2cccc2C1c1ccccc1F)C(=O)c1ccc(C)c([N+](=O)[O-])c1. The summed E-state index contributed by atoms with van der Waals surface area (Å²) in [5, 5.41) is 11.3. The molecule has 4 rings (SSSR count). The maximum absolute atomic E-state index is 14.8. The van der Waals surface area contributed by atoms with Crippen LogP contribution in [0.4, 0.5) is 10.1 Å². The van der Waals surface area contributed by atoms with Gasteiger partial charge in [-0.15, -0.1) is 0 Å². The molecule has 0 saturated heterocycles. The van der Waals surface area contributed by atoms with E-state index in [9.17, 15) is 24.1 Å². The summed E-state index contributed by atoms with van der Waals surface area (Å²) in [6, 6.07) is 13.8. The number of nitrogens with zero attached hydrogens (tertiary/aromatic N) is 4. The Hall–Kier alpha value is -4.01. The highest BCUT2D eigenvalue weighted by Crippen LogP contribution is 2.34. The molecule has 35 heavy (non-hydrogen) atoms. The average Bonchev–Trinajstić information content (AvgIpc) is 3.32. The van der Waals surface area contributed by atoms with E-state index in [4.69, 9.17) is 0 Å². The molecule has 8 nitrogen and oxygen atoms in total. The standard InChI is InChI=1S/C26H27FN4O4/c1-3-12-29(26(33)19-11-10-18(2)23(16-19)31(34)35)17-24(32)30-15-14-28-13-6-9-22(28)25(30)20-7-4-5-8-21(20)27/h4-11,13,16,25H,3,12,14-15,17H2,1-2H3. The molecule has 9 heteroatoms. The van der Waals surface area contributed by atoms with Gasteiger partial charge in [0.1, 0.15) is 18.4 Å². The van der Waals surface area contributed by atoms with Crippen LogP contribution in [0, 0.1) is 22.9 Å². The maximum Gasteiger partial charge on any atom is 0.273 e. The van der Waals surface area contributed by atoms with Crippen LogP contribution in [0.3, 0.4) is 0 Å². The van der Waals surface area contributed by atoms with Crippen molar-refractivity contribution in [3.05, 3.63) is 99.1 Å². The molecule has 1 unspecified atom stereocenters. The van der Waals surface area contributed by atoms with Gasteiger partial charge in [0.05, 0.1) is 4.92 Å². The zero-order valence-electron chi connectivity index (χ0n) is 19.7. The van der Waals surface area contributed by atoms with Gasteiger partial charge in [0.25, 0.3) is 11.6 Å². The number of rotatable bonds is 7. The zero-order valence-corrected chi connectivity index (χ0v) is 19.7. The number of fused-ring (bicyclic) bond motifs is 1. The second-order valence-corrected chi connectivity index (χ2v) is 8.62. The third-order valence-corrected chi connectivity index (χ3v) is 6.32. The predicted molar refractivity (Wildman–Crippen MR) is 128 cm³/mol. The molecule has 3 aromatic rings. The summed E-state index contributed by atoms with van der Waals surface area (Å²) in [4.78, 5) is 40.7. The molecule has 1 aliphatic rings. The number of amides is 2. The van der Waals surface area contributed by atoms with Crippen molar-refractivity contribution in [3.8, 4) is 0 Å². The summed E-state index contributed by atoms with van der Waals surface area (Å²) in [5.74, 6) is -1.17. The quantitative estimate of drug-likeness (QED) is 0.374. The van der Waals surface area contributed by atoms with Gasteiger partial charge in [-0.3, -0.25) is 19.7 Å². The smallest absolute Gasteiger partial charge is 0.273 e. The minimum Gasteiger partial charge on any atom is -0.348 e. The fourth-order valence-corrected chi connectivity index (χ4v) is 4.57. The molecule has 0 N–H and O–H groups in total. The van der Waals surface area contributed by atoms with Crippen LogP contribution in [0.15, 0.2) is 60.8 Å². The lowest BCUT2D eigenvalue weighted by molar-refractivity contribution is -0.385. The summed E-state index contributed by atoms with van der Waals surface area (Å²) >= 11 is 0. The Morgan fingerprint density at radius 1 is 1.14 bits per heavy atom. The molecular weight excluding hydrogens is 451 g/mol. The number of benzene rings is 2. The van der Waals surface area contributed by atoms with Gasteiger partial charge in [-0.2, -0.15) is 0 Å². The number of carbonyl (C=O) groups excluding carboxylic acids is 2. The molecule has 0 fully saturated rings. The molecule has 182 valence electrons. The molecule has 1 aromatic heterocycles. The maximum atomic E-state index is 14.8. The van der Waals surface area contributed by atoms with Crippen molar-refractivity contribution < 1.29 is 18.9 Å². The first-order valence-corrected chi connectivity index (χ1v) is 11.5. The largest absolute Gasteiger partial charge is 0.348 e. The first-order chi connectivity index (χ1) is 16.8. The van der Waals surface area contributed by atoms with Crippen LogP contribution in [0.2, 0.25) is 0 Å². The topological polar surface area (TPSA) is 88.7 Å². The normalized spacial score (nSPS) is 14.9. The number of nitro benzene ring substituents is 1. The van der Waals surface area contributed by atoms with E-state index in [-0.39, 0.29) is 23.7 Å². The molecule has 0 bridgehead atoms. The van der Waals surface area contributed by atoms with Crippen LogP contribution in [-0.2, 0) is 11.3 Å². The molecule has 0 saturated carbocycles. The molecular formula is C26H27FN4O4. The first-order valence-electron chi connectivity index (χ1n) is 11.5. The molecule has 2 aromatic carbocycles. The number of aryl methyl sites for hydroxylation is 1. The number of halogens is 1. The Morgan fingerprint density at radius 2 is 1.91 bits per heavy atom. The van der Waals surface area contributed by atoms with E-state index in [2.05, 4.69) is 0 Å². The Kier molecular flexibility index (Phi) is 6.95. The highest BCUT2D eigenvalue weighted by Gasteiger charge is 2.35. The molecule has 1 aliphatic heterocycles. The second kappa shape index (κ2) is 10.1. The summed E-state index contributed by atoms with van der Waals surface area (Å²) < 4.78 is 16.8. The van der Waals surface area contributed by atoms with E-state index in [0.29, 0.717) is 37.2 Å². The van der Waals surface area contributed by atoms with Gasteiger partial charge in [0.15, 0.2) is 0 Å². The fraction of sp³-hybridized carbons (Fsp3) is 0.308. The van der Waals surface area contributed by atoms with Gasteiger partial charge in [0.2, 0.25) is 5.91 Å². The highest BCUT2D eigenvalue weighted by atomic mass is 19.1. The van der Waals surface area contributed by atoms with Crippen molar-refractivity contribution in [3.63, 3.8) is 0 Å². The van der Waals surface area contributed by atoms with E-state index in [0.717, 1.165) is 5.69 Å². The van der Waals surface area contributed by atoms with Gasteiger partial charge in [0, 0.05) is 54.3 Å². The fourth-order valence-electron chi connectivity index (χ4n) is 4.57. The van der Waals surface area contributed by atoms with Crippen LogP contribution >= 0.6 is 0 Å². The highest BCUT2D eigenvalue weighted by molar-refractivity contribution is 5.97. The van der Waals surface area contributed by atoms with Crippen molar-refractivity contribution in [1.82, 2.24) is 14.4 Å². The van der Waals surface area contributed by atoms with Gasteiger partial charge in [-0.05, 0) is 37.6 Å². The Morgan fingerprint density at radius 3 is 2.63 bits per heavy atom. The van der Waals surface area contributed by atoms with E-state index < -0.39 is 22.7 Å². The zero-order chi connectivity index (χ0) is 25.1. The number of hydrogen-bond acceptors (Lipinski definition) is 4. The Balaban J connectivity index is 1.63. The summed E-state index contributed by atoms with van der Waals surface area (Å²) in [6.45, 7) is 4.52. The Labute approximate surface area is 202 Å². The predicted octanol–water partition coefficient (Wildman–Crippen LogP) is 4.33. The first kappa shape index (κ1) is 24.1. The van der Waals surface area contributed by atoms with Gasteiger partial charge >= 0.3 is 0 Å². The van der Waals surface area contributed by atoms with Gasteiger partial charge < -0.3 is 14.4 Å². The van der Waals surface area contributed by atoms with Crippen molar-refractivity contribution in [2.75, 3.05) is 19.6 Å². The molecule has 1 atom stereocenters. The lowest BCUT2D eigenvalue weighted by Gasteiger charge is -2.38. The number of aromatic nitrogens is 1. The van der Waals surface area contributed by atoms with Gasteiger partial charge in [-0.25, -0.2) is 4.39 Å². The second-order valence-electron chi connectivity index (χ2n) is 8.62. The van der Waals surface area contributed by atoms with Crippen LogP contribution < -0.4 is 0 Å². The molecule has 0 aliphatic carbocycles. The van der Waals surface area contributed by atoms with Crippen molar-refractivity contribution in [2.24, 2.45) is 0 Å². The van der Waals surface area contributed by atoms with E-state index >= 15 is 0 Å². The minimum atomic E-state index is -0.619. The van der Waals surface area contributed by atoms with E-state index in [1.54, 1.807) is 30.0 Å². The molecule has 0 radical (unpaired) electrons. The van der Waals surface area contributed by atoms with Crippen LogP contribution in [-0.4, -0.2) is 50.7 Å². The average molecular weight is 479 g/mol. The lowest BCUT2D eigenvalue weighted by Crippen LogP contribution is -2.48. The van der Waals surface area contributed by atoms with Crippen molar-refractivity contribution >= 4 is 17.5 Å². The van der Waals surface area contributed by atoms with E-state index in [1.165, 1.54) is 29.2 Å². The number of hydrogen-bond donors (Lipinski definition) is 0. The third kappa shape index (κ3) is 4.80. The summed E-state index contributed by atoms with van der Waals surface area (Å²) in [6.07, 6.45) is 2.51. The van der Waals surface area contributed by atoms with Crippen LogP contribution in [0.5, 0.6) is 0 Å². The van der Waals surface area contributed by atoms with E-state index in [1.807, 2.05) is 29.8 Å². The summed E-state index contributed by atoms with van der Waals surface area (Å²) in [5.41, 5.74) is 1.66. The summed E-state index contributed by atoms with van der Waals surface area (Å²) in [7, 11) is 0. The van der Waals surface area contributed by atoms with Crippen LogP contribution in [0.25, 0.3) is 0 Å². The molecule has 2 heterocycles. The third-order valence-electron chi connectivity index (χ3n) is 6.32. The number of nitro groups is 1. The number of carbonyl (C=O) groups is 2. The molecule has 0 spiro atoms.